The molecule has 0 nitrogen and oxygen atoms in total. The molecule has 0 aliphatic heterocycles. The molecular formula is C128H276. The summed E-state index contributed by atoms with van der Waals surface area (Å²) < 4.78 is 0. The predicted molar refractivity (Wildman–Crippen MR) is 611 cm³/mol. The lowest BCUT2D eigenvalue weighted by Crippen LogP contribution is -2.20. The van der Waals surface area contributed by atoms with E-state index < -0.39 is 0 Å². The summed E-state index contributed by atoms with van der Waals surface area (Å²) in [5.41, 5.74) is 5.12. The molecule has 128 heavy (non-hydrogen) atoms. The Hall–Kier alpha value is 0. The van der Waals surface area contributed by atoms with Gasteiger partial charge in [0, 0.05) is 0 Å². The van der Waals surface area contributed by atoms with E-state index in [1.807, 2.05) is 0 Å². The number of hydrogen-bond donors (Lipinski definition) is 0. The summed E-state index contributed by atoms with van der Waals surface area (Å²) in [5, 5.41) is 0. The van der Waals surface area contributed by atoms with Gasteiger partial charge in [-0.2, -0.15) is 0 Å². The van der Waals surface area contributed by atoms with Crippen LogP contribution in [0.1, 0.15) is 719 Å². The Labute approximate surface area is 826 Å². The Morgan fingerprint density at radius 2 is 0.312 bits per heavy atom. The van der Waals surface area contributed by atoms with Crippen LogP contribution >= 0.6 is 0 Å². The second-order valence-electron chi connectivity index (χ2n) is 53.9. The summed E-state index contributed by atoms with van der Waals surface area (Å²) in [6.45, 7) is 117. The minimum absolute atomic E-state index is 0.506. The molecule has 0 bridgehead atoms. The van der Waals surface area contributed by atoms with Crippen LogP contribution in [0.3, 0.4) is 0 Å². The van der Waals surface area contributed by atoms with Gasteiger partial charge in [0.25, 0.3) is 0 Å². The van der Waals surface area contributed by atoms with Crippen LogP contribution in [0.4, 0.5) is 0 Å². The molecule has 0 fully saturated rings. The van der Waals surface area contributed by atoms with E-state index in [1.165, 1.54) is 372 Å². The zero-order valence-electron chi connectivity index (χ0n) is 102. The van der Waals surface area contributed by atoms with Crippen molar-refractivity contribution in [1.29, 1.82) is 0 Å². The van der Waals surface area contributed by atoms with Crippen molar-refractivity contribution in [3.05, 3.63) is 0 Å². The Balaban J connectivity index is -0.000000153. The van der Waals surface area contributed by atoms with Gasteiger partial charge in [-0.15, -0.1) is 0 Å². The summed E-state index contributed by atoms with van der Waals surface area (Å²) in [6.07, 6.45) is 81.9. The fourth-order valence-corrected chi connectivity index (χ4v) is 17.2. The molecule has 0 aliphatic carbocycles. The van der Waals surface area contributed by atoms with E-state index in [4.69, 9.17) is 0 Å². The Kier molecular flexibility index (Phi) is 107. The van der Waals surface area contributed by atoms with Crippen molar-refractivity contribution >= 4 is 0 Å². The molecule has 0 radical (unpaired) electrons. The molecule has 8 atom stereocenters. The topological polar surface area (TPSA) is 0 Å². The molecule has 0 rings (SSSR count). The fraction of sp³-hybridized carbons (Fsp3) is 1.00. The average Bonchev–Trinajstić information content (AvgIpc) is 0.896. The highest BCUT2D eigenvalue weighted by Gasteiger charge is 2.27. The van der Waals surface area contributed by atoms with Crippen molar-refractivity contribution in [2.24, 2.45) is 113 Å². The van der Waals surface area contributed by atoms with Crippen LogP contribution in [0, 0.1) is 113 Å². The molecule has 0 saturated carbocycles. The fourth-order valence-electron chi connectivity index (χ4n) is 17.2. The highest BCUT2D eigenvalue weighted by atomic mass is 14.3. The van der Waals surface area contributed by atoms with Crippen LogP contribution in [-0.4, -0.2) is 0 Å². The molecule has 8 unspecified atom stereocenters. The van der Waals surface area contributed by atoms with E-state index in [2.05, 4.69) is 346 Å². The van der Waals surface area contributed by atoms with Gasteiger partial charge in [-0.25, -0.2) is 0 Å². The highest BCUT2D eigenvalue weighted by Crippen LogP contribution is 2.39. The molecule has 0 heterocycles. The maximum Gasteiger partial charge on any atom is -0.0354 e. The largest absolute Gasteiger partial charge is 0.0654 e. The van der Waals surface area contributed by atoms with Crippen LogP contribution in [-0.2, 0) is 0 Å². The Bertz CT molecular complexity index is 2010. The van der Waals surface area contributed by atoms with Crippen molar-refractivity contribution in [3.8, 4) is 0 Å². The summed E-state index contributed by atoms with van der Waals surface area (Å²) in [4.78, 5) is 0. The van der Waals surface area contributed by atoms with Crippen molar-refractivity contribution in [1.82, 2.24) is 0 Å². The second kappa shape index (κ2) is 92.0. The van der Waals surface area contributed by atoms with E-state index in [9.17, 15) is 0 Å². The minimum atomic E-state index is 0.506. The summed E-state index contributed by atoms with van der Waals surface area (Å²) in [6, 6.07) is 0. The van der Waals surface area contributed by atoms with E-state index in [0.717, 1.165) is 59.2 Å². The first-order chi connectivity index (χ1) is 58.9. The van der Waals surface area contributed by atoms with E-state index in [-0.39, 0.29) is 0 Å². The first-order valence-corrected chi connectivity index (χ1v) is 58.9. The monoisotopic (exact) mass is 1810 g/mol. The molecule has 0 saturated heterocycles. The number of hydrogen-bond acceptors (Lipinski definition) is 0. The molecule has 0 aliphatic rings. The standard InChI is InChI=1S/C21H44.C20H42.C14H30.2C12H26.2C11H24.C10H22.C9H20.C8H18/c1-6-8-10-12-14-16-18-20(21(3,4)5)19-17-15-13-11-9-7-2;1-6-8-10-12-13-15-17-19(18-20(3,4)5)16-14-11-9-7-2;1-6-8-10-13(11-9-7-2)12-14(3,4)5;1-6-7-8-9-10-11(2)12(3,4)5;1-6-8-9-11(7-2)10-12(3,4)5;1-6-7-8-9-10(2)11(3,4)5;1-6-8-9-10(7-2)11(3,4)5;1-6-7-8-9(2)10(3,4)5;1-6-7-8(2)9(3,4)5;1-6-7(2)8(3,4)5/h20H,6-19H2,1-5H3;19H,6-18H2,1-5H3;13H,6-12H2,1-5H3;2*11H,6-10H2,1-5H3;2*10H,6-9H2,1-5H3;9H,6-8H2,1-5H3;8H,6-7H2,1-5H3;7H,6H2,1-5H3. The quantitative estimate of drug-likeness (QED) is 0.0533. The van der Waals surface area contributed by atoms with Crippen LogP contribution in [0.2, 0.25) is 0 Å². The molecule has 0 heteroatoms. The van der Waals surface area contributed by atoms with Gasteiger partial charge >= 0.3 is 0 Å². The van der Waals surface area contributed by atoms with Gasteiger partial charge < -0.3 is 0 Å². The van der Waals surface area contributed by atoms with Crippen molar-refractivity contribution in [2.45, 2.75) is 719 Å². The summed E-state index contributed by atoms with van der Waals surface area (Å²) in [7, 11) is 0. The lowest BCUT2D eigenvalue weighted by Gasteiger charge is -2.31. The first-order valence-electron chi connectivity index (χ1n) is 58.9. The molecule has 788 valence electrons. The maximum atomic E-state index is 2.45. The van der Waals surface area contributed by atoms with Crippen molar-refractivity contribution < 1.29 is 0 Å². The van der Waals surface area contributed by atoms with Crippen LogP contribution in [0.5, 0.6) is 0 Å². The van der Waals surface area contributed by atoms with Crippen LogP contribution < -0.4 is 0 Å². The molecule has 0 spiro atoms. The van der Waals surface area contributed by atoms with Gasteiger partial charge in [0.2, 0.25) is 0 Å². The smallest absolute Gasteiger partial charge is 0.0354 e. The number of unbranched alkanes of at least 4 members (excludes halogenated alkanes) is 28. The van der Waals surface area contributed by atoms with Gasteiger partial charge in [0.15, 0.2) is 0 Å². The molecule has 0 aromatic rings. The third-order valence-electron chi connectivity index (χ3n) is 29.7. The van der Waals surface area contributed by atoms with E-state index in [1.54, 1.807) is 0 Å². The van der Waals surface area contributed by atoms with E-state index in [0.29, 0.717) is 54.1 Å². The normalized spacial score (nSPS) is 14.2. The summed E-state index contributed by atoms with van der Waals surface area (Å²) >= 11 is 0. The van der Waals surface area contributed by atoms with E-state index >= 15 is 0 Å². The Morgan fingerprint density at radius 1 is 0.133 bits per heavy atom. The van der Waals surface area contributed by atoms with Gasteiger partial charge in [-0.05, 0) is 152 Å². The molecule has 0 aromatic carbocycles. The molecular weight excluding hydrogens is 1540 g/mol. The van der Waals surface area contributed by atoms with Gasteiger partial charge in [-0.3, -0.25) is 0 Å². The Morgan fingerprint density at radius 3 is 0.531 bits per heavy atom. The molecule has 0 amide bonds. The highest BCUT2D eigenvalue weighted by molar-refractivity contribution is 4.79. The molecule has 0 aromatic heterocycles. The SMILES string of the molecule is CCC(C)C(C)(C)C.CCCC(C)C(C)(C)C.CCCCC(C)C(C)(C)C.CCCCC(CC)C(C)(C)C.CCCCC(CC)CC(C)(C)C.CCCCC(CCCC)CC(C)(C)C.CCCCCC(C)C(C)(C)C.CCCCCCC(C)C(C)(C)C.CCCCCCCCC(CCCCCC)CC(C)(C)C.CCCCCCCCC(CCCCCCCC)C(C)(C)C. The summed E-state index contributed by atoms with van der Waals surface area (Å²) in [5.74, 6) is 9.11. The van der Waals surface area contributed by atoms with Gasteiger partial charge in [-0.1, -0.05) is 680 Å². The lowest BCUT2D eigenvalue weighted by atomic mass is 9.75. The third kappa shape index (κ3) is 122. The lowest BCUT2D eigenvalue weighted by molar-refractivity contribution is 0.201. The van der Waals surface area contributed by atoms with Gasteiger partial charge in [0.05, 0.1) is 0 Å². The second-order valence-corrected chi connectivity index (χ2v) is 53.9. The predicted octanol–water partition coefficient (Wildman–Crippen LogP) is 49.5. The van der Waals surface area contributed by atoms with Gasteiger partial charge in [0.1, 0.15) is 0 Å². The minimum Gasteiger partial charge on any atom is -0.0654 e. The van der Waals surface area contributed by atoms with Crippen LogP contribution in [0.25, 0.3) is 0 Å². The zero-order chi connectivity index (χ0) is 102. The average molecular weight is 1820 g/mol. The van der Waals surface area contributed by atoms with Crippen molar-refractivity contribution in [3.63, 3.8) is 0 Å². The van der Waals surface area contributed by atoms with Crippen molar-refractivity contribution in [2.75, 3.05) is 0 Å². The maximum absolute atomic E-state index is 2.45. The van der Waals surface area contributed by atoms with Crippen LogP contribution in [0.15, 0.2) is 0 Å². The number of rotatable bonds is 58. The molecule has 0 N–H and O–H groups in total. The third-order valence-corrected chi connectivity index (χ3v) is 29.7. The first kappa shape index (κ1) is 148. The zero-order valence-corrected chi connectivity index (χ0v) is 102.